The molecule has 2 N–H and O–H groups in total. The molecular weight excluding hydrogens is 240 g/mol. The van der Waals surface area contributed by atoms with Crippen molar-refractivity contribution in [3.8, 4) is 0 Å². The number of carbonyl (C=O) groups excluding carboxylic acids is 1. The van der Waals surface area contributed by atoms with Crippen LogP contribution < -0.4 is 0 Å². The van der Waals surface area contributed by atoms with E-state index < -0.39 is 11.9 Å². The summed E-state index contributed by atoms with van der Waals surface area (Å²) in [5, 5.41) is 16.7. The number of carbonyl (C=O) groups is 3. The summed E-state index contributed by atoms with van der Waals surface area (Å²) in [5.74, 6) is -2.40. The molecule has 0 amide bonds. The summed E-state index contributed by atoms with van der Waals surface area (Å²) < 4.78 is 4.17. The van der Waals surface area contributed by atoms with Gasteiger partial charge in [-0.25, -0.2) is 0 Å². The van der Waals surface area contributed by atoms with Crippen LogP contribution in [0.5, 0.6) is 0 Å². The zero-order valence-corrected chi connectivity index (χ0v) is 10.3. The van der Waals surface area contributed by atoms with E-state index in [0.29, 0.717) is 6.42 Å². The molecule has 0 aliphatic heterocycles. The normalized spacial score (nSPS) is 10.3. The Kier molecular flexibility index (Phi) is 11.5. The van der Waals surface area contributed by atoms with Crippen molar-refractivity contribution in [3.05, 3.63) is 25.5 Å². The van der Waals surface area contributed by atoms with Crippen molar-refractivity contribution in [2.45, 2.75) is 26.2 Å². The molecule has 0 fully saturated rings. The molecule has 0 bridgehead atoms. The molecule has 6 heteroatoms. The van der Waals surface area contributed by atoms with Gasteiger partial charge in [-0.05, 0) is 12.3 Å². The van der Waals surface area contributed by atoms with Crippen LogP contribution >= 0.6 is 0 Å². The van der Waals surface area contributed by atoms with E-state index in [1.807, 2.05) is 0 Å². The second-order valence-electron chi connectivity index (χ2n) is 3.30. The predicted molar refractivity (Wildman–Crippen MR) is 64.8 cm³/mol. The fourth-order valence-electron chi connectivity index (χ4n) is 0.954. The van der Waals surface area contributed by atoms with E-state index in [4.69, 9.17) is 10.2 Å². The Morgan fingerprint density at radius 3 is 2.00 bits per heavy atom. The fraction of sp³-hybridized carbons (Fsp3) is 0.417. The molecule has 0 rings (SSSR count). The molecule has 0 aliphatic rings. The third-order valence-electron chi connectivity index (χ3n) is 1.75. The summed E-state index contributed by atoms with van der Waals surface area (Å²) in [4.78, 5) is 30.1. The molecule has 1 atom stereocenters. The Bertz CT molecular complexity index is 308. The zero-order valence-electron chi connectivity index (χ0n) is 10.3. The largest absolute Gasteiger partial charge is 0.481 e. The van der Waals surface area contributed by atoms with Crippen LogP contribution in [0.2, 0.25) is 0 Å². The van der Waals surface area contributed by atoms with Crippen molar-refractivity contribution in [1.29, 1.82) is 0 Å². The summed E-state index contributed by atoms with van der Waals surface area (Å²) in [6.45, 7) is 7.91. The van der Waals surface area contributed by atoms with Gasteiger partial charge in [0.1, 0.15) is 0 Å². The van der Waals surface area contributed by atoms with Crippen LogP contribution in [0.3, 0.4) is 0 Å². The van der Waals surface area contributed by atoms with E-state index in [1.165, 1.54) is 13.0 Å². The van der Waals surface area contributed by atoms with E-state index in [1.54, 1.807) is 0 Å². The Morgan fingerprint density at radius 1 is 1.22 bits per heavy atom. The number of hydrogen-bond donors (Lipinski definition) is 2. The predicted octanol–water partition coefficient (Wildman–Crippen LogP) is 1.82. The first-order valence-electron chi connectivity index (χ1n) is 5.17. The lowest BCUT2D eigenvalue weighted by atomic mass is 10.00. The molecule has 0 aromatic heterocycles. The first-order valence-corrected chi connectivity index (χ1v) is 5.17. The lowest BCUT2D eigenvalue weighted by Gasteiger charge is -2.06. The van der Waals surface area contributed by atoms with Crippen LogP contribution in [0.25, 0.3) is 0 Å². The summed E-state index contributed by atoms with van der Waals surface area (Å²) in [5.41, 5.74) is 0. The van der Waals surface area contributed by atoms with E-state index in [9.17, 15) is 14.4 Å². The molecule has 0 saturated carbocycles. The highest BCUT2D eigenvalue weighted by Crippen LogP contribution is 2.11. The molecular formula is C12H18O6. The van der Waals surface area contributed by atoms with Crippen molar-refractivity contribution < 1.29 is 29.3 Å². The zero-order chi connectivity index (χ0) is 14.6. The third-order valence-corrected chi connectivity index (χ3v) is 1.75. The third kappa shape index (κ3) is 16.3. The first kappa shape index (κ1) is 18.3. The molecule has 6 nitrogen and oxygen atoms in total. The Morgan fingerprint density at radius 2 is 1.78 bits per heavy atom. The molecule has 0 saturated heterocycles. The van der Waals surface area contributed by atoms with Gasteiger partial charge in [0.05, 0.1) is 12.7 Å². The van der Waals surface area contributed by atoms with Crippen molar-refractivity contribution in [2.75, 3.05) is 0 Å². The van der Waals surface area contributed by atoms with Gasteiger partial charge < -0.3 is 14.9 Å². The average Bonchev–Trinajstić information content (AvgIpc) is 2.24. The molecule has 1 unspecified atom stereocenters. The minimum Gasteiger partial charge on any atom is -0.481 e. The minimum atomic E-state index is -0.926. The number of carboxylic acid groups (broad SMARTS) is 2. The summed E-state index contributed by atoms with van der Waals surface area (Å²) in [6.07, 6.45) is 2.87. The van der Waals surface area contributed by atoms with Gasteiger partial charge in [0.15, 0.2) is 0 Å². The van der Waals surface area contributed by atoms with Gasteiger partial charge in [0.25, 0.3) is 0 Å². The maximum atomic E-state index is 10.2. The van der Waals surface area contributed by atoms with Gasteiger partial charge in [-0.2, -0.15) is 0 Å². The maximum absolute atomic E-state index is 10.2. The van der Waals surface area contributed by atoms with E-state index in [-0.39, 0.29) is 24.7 Å². The standard InChI is InChI=1S/C8H12O4.C4H6O2/c1-2-6(5-8(11)12)3-4-7(9)10;1-3-6-4(2)5/h2,6H,1,3-5H2,(H,9,10)(H,11,12);3H,1H2,2H3. The highest BCUT2D eigenvalue weighted by molar-refractivity contribution is 5.68. The topological polar surface area (TPSA) is 101 Å². The Balaban J connectivity index is 0. The lowest BCUT2D eigenvalue weighted by Crippen LogP contribution is -2.07. The molecule has 0 spiro atoms. The molecule has 0 aromatic rings. The molecule has 0 aliphatic carbocycles. The molecule has 102 valence electrons. The van der Waals surface area contributed by atoms with E-state index in [0.717, 1.165) is 6.26 Å². The number of aliphatic carboxylic acids is 2. The number of hydrogen-bond acceptors (Lipinski definition) is 4. The highest BCUT2D eigenvalue weighted by atomic mass is 16.5. The summed E-state index contributed by atoms with van der Waals surface area (Å²) in [7, 11) is 0. The fourth-order valence-corrected chi connectivity index (χ4v) is 0.954. The van der Waals surface area contributed by atoms with Crippen LogP contribution in [0.1, 0.15) is 26.2 Å². The smallest absolute Gasteiger partial charge is 0.307 e. The van der Waals surface area contributed by atoms with Gasteiger partial charge in [-0.3, -0.25) is 14.4 Å². The van der Waals surface area contributed by atoms with Gasteiger partial charge in [-0.1, -0.05) is 12.7 Å². The number of rotatable bonds is 7. The van der Waals surface area contributed by atoms with Gasteiger partial charge in [0.2, 0.25) is 0 Å². The van der Waals surface area contributed by atoms with Gasteiger partial charge >= 0.3 is 17.9 Å². The summed E-state index contributed by atoms with van der Waals surface area (Å²) in [6, 6.07) is 0. The second kappa shape index (κ2) is 11.4. The SMILES string of the molecule is C=CC(CCC(=O)O)CC(=O)O.C=COC(C)=O. The monoisotopic (exact) mass is 258 g/mol. The average molecular weight is 258 g/mol. The van der Waals surface area contributed by atoms with Crippen LogP contribution in [0, 0.1) is 5.92 Å². The highest BCUT2D eigenvalue weighted by Gasteiger charge is 2.10. The van der Waals surface area contributed by atoms with Crippen LogP contribution in [-0.2, 0) is 19.1 Å². The van der Waals surface area contributed by atoms with Crippen LogP contribution in [0.15, 0.2) is 25.5 Å². The lowest BCUT2D eigenvalue weighted by molar-refractivity contribution is -0.140. The number of carboxylic acids is 2. The second-order valence-corrected chi connectivity index (χ2v) is 3.30. The molecule has 18 heavy (non-hydrogen) atoms. The number of allylic oxidation sites excluding steroid dienone is 1. The molecule has 0 heterocycles. The van der Waals surface area contributed by atoms with Crippen LogP contribution in [0.4, 0.5) is 0 Å². The van der Waals surface area contributed by atoms with Crippen molar-refractivity contribution in [2.24, 2.45) is 5.92 Å². The molecule has 0 radical (unpaired) electrons. The van der Waals surface area contributed by atoms with E-state index >= 15 is 0 Å². The number of ether oxygens (including phenoxy) is 1. The summed E-state index contributed by atoms with van der Waals surface area (Å²) >= 11 is 0. The Labute approximate surface area is 106 Å². The minimum absolute atomic E-state index is 0.00995. The van der Waals surface area contributed by atoms with Gasteiger partial charge in [0, 0.05) is 13.3 Å². The van der Waals surface area contributed by atoms with Crippen molar-refractivity contribution in [3.63, 3.8) is 0 Å². The maximum Gasteiger partial charge on any atom is 0.307 e. The quantitative estimate of drug-likeness (QED) is 0.410. The molecule has 0 aromatic carbocycles. The van der Waals surface area contributed by atoms with Crippen LogP contribution in [-0.4, -0.2) is 28.1 Å². The van der Waals surface area contributed by atoms with Crippen molar-refractivity contribution in [1.82, 2.24) is 0 Å². The van der Waals surface area contributed by atoms with Gasteiger partial charge in [-0.15, -0.1) is 6.58 Å². The van der Waals surface area contributed by atoms with Crippen molar-refractivity contribution >= 4 is 17.9 Å². The Hall–Kier alpha value is -2.11. The first-order chi connectivity index (χ1) is 8.33. The number of esters is 1. The van der Waals surface area contributed by atoms with E-state index in [2.05, 4.69) is 17.9 Å².